The summed E-state index contributed by atoms with van der Waals surface area (Å²) >= 11 is 0. The number of carbonyl (C=O) groups is 1. The number of aliphatic hydroxyl groups excluding tert-OH is 1. The van der Waals surface area contributed by atoms with E-state index in [1.165, 1.54) is 12.3 Å². The lowest BCUT2D eigenvalue weighted by molar-refractivity contribution is 0.102. The van der Waals surface area contributed by atoms with Crippen LogP contribution in [-0.2, 0) is 0 Å². The fourth-order valence-corrected chi connectivity index (χ4v) is 1.52. The topological polar surface area (TPSA) is 98.7 Å². The van der Waals surface area contributed by atoms with Crippen LogP contribution < -0.4 is 0 Å². The van der Waals surface area contributed by atoms with Gasteiger partial charge in [0.05, 0.1) is 5.56 Å². The molecule has 2 rings (SSSR count). The van der Waals surface area contributed by atoms with Crippen molar-refractivity contribution in [1.82, 2.24) is 4.98 Å². The van der Waals surface area contributed by atoms with Gasteiger partial charge in [0.2, 0.25) is 5.78 Å². The van der Waals surface area contributed by atoms with Gasteiger partial charge >= 0.3 is 0 Å². The summed E-state index contributed by atoms with van der Waals surface area (Å²) in [7, 11) is 0. The molecule has 0 fully saturated rings. The Morgan fingerprint density at radius 1 is 1.24 bits per heavy atom. The predicted molar refractivity (Wildman–Crippen MR) is 75.0 cm³/mol. The van der Waals surface area contributed by atoms with Gasteiger partial charge in [-0.1, -0.05) is 18.2 Å². The Hall–Kier alpha value is -3.33. The second-order valence-corrected chi connectivity index (χ2v) is 3.89. The third-order valence-electron chi connectivity index (χ3n) is 2.54. The average molecular weight is 278 g/mol. The molecule has 102 valence electrons. The van der Waals surface area contributed by atoms with E-state index in [0.717, 1.165) is 0 Å². The molecule has 0 aliphatic rings. The molecular formula is C15H10N4O2. The lowest BCUT2D eigenvalue weighted by atomic mass is 10.2. The van der Waals surface area contributed by atoms with E-state index in [1.54, 1.807) is 36.4 Å². The van der Waals surface area contributed by atoms with Crippen molar-refractivity contribution < 1.29 is 9.90 Å². The van der Waals surface area contributed by atoms with Gasteiger partial charge in [-0.3, -0.25) is 9.78 Å². The first kappa shape index (κ1) is 14.1. The molecule has 0 aliphatic carbocycles. The molecule has 0 bridgehead atoms. The highest BCUT2D eigenvalue weighted by Gasteiger charge is 2.13. The van der Waals surface area contributed by atoms with E-state index in [-0.39, 0.29) is 11.4 Å². The quantitative estimate of drug-likeness (QED) is 0.401. The number of allylic oxidation sites excluding steroid dienone is 1. The number of hydrogen-bond acceptors (Lipinski definition) is 6. The Kier molecular flexibility index (Phi) is 4.51. The lowest BCUT2D eigenvalue weighted by Gasteiger charge is -1.99. The highest BCUT2D eigenvalue weighted by atomic mass is 16.2. The maximum Gasteiger partial charge on any atom is 0.234 e. The average Bonchev–Trinajstić information content (AvgIpc) is 2.56. The predicted octanol–water partition coefficient (Wildman–Crippen LogP) is 3.32. The molecule has 6 nitrogen and oxygen atoms in total. The Balaban J connectivity index is 2.27. The summed E-state index contributed by atoms with van der Waals surface area (Å²) in [6.07, 6.45) is 2.03. The van der Waals surface area contributed by atoms with E-state index in [1.807, 2.05) is 6.07 Å². The van der Waals surface area contributed by atoms with Gasteiger partial charge in [0.1, 0.15) is 23.7 Å². The van der Waals surface area contributed by atoms with Crippen LogP contribution >= 0.6 is 0 Å². The number of pyridine rings is 1. The number of benzene rings is 1. The molecule has 2 aromatic rings. The maximum absolute atomic E-state index is 12.0. The molecule has 1 heterocycles. The van der Waals surface area contributed by atoms with Crippen LogP contribution in [0.1, 0.15) is 16.1 Å². The minimum Gasteiger partial charge on any atom is -0.513 e. The smallest absolute Gasteiger partial charge is 0.234 e. The third kappa shape index (κ3) is 3.36. The van der Waals surface area contributed by atoms with Crippen molar-refractivity contribution in [2.45, 2.75) is 0 Å². The number of rotatable bonds is 4. The molecule has 0 unspecified atom stereocenters. The summed E-state index contributed by atoms with van der Waals surface area (Å²) in [5.41, 5.74) is 0.517. The number of nitrogens with zero attached hydrogens (tertiary/aromatic N) is 4. The van der Waals surface area contributed by atoms with Crippen molar-refractivity contribution in [3.05, 3.63) is 71.9 Å². The van der Waals surface area contributed by atoms with Crippen LogP contribution in [0.5, 0.6) is 0 Å². The van der Waals surface area contributed by atoms with Crippen LogP contribution in [0.15, 0.2) is 70.8 Å². The Morgan fingerprint density at radius 2 is 2.00 bits per heavy atom. The van der Waals surface area contributed by atoms with Gasteiger partial charge in [-0.05, 0) is 24.3 Å². The van der Waals surface area contributed by atoms with Gasteiger partial charge in [-0.15, -0.1) is 10.2 Å². The second-order valence-electron chi connectivity index (χ2n) is 3.89. The molecule has 0 radical (unpaired) electrons. The highest BCUT2D eigenvalue weighted by Crippen LogP contribution is 2.19. The van der Waals surface area contributed by atoms with Gasteiger partial charge in [-0.2, -0.15) is 5.26 Å². The number of hydrogen-bond donors (Lipinski definition) is 1. The number of azo groups is 1. The van der Waals surface area contributed by atoms with E-state index in [0.29, 0.717) is 17.5 Å². The Bertz CT molecular complexity index is 746. The van der Waals surface area contributed by atoms with Crippen molar-refractivity contribution in [3.63, 3.8) is 0 Å². The van der Waals surface area contributed by atoms with Crippen molar-refractivity contribution in [3.8, 4) is 6.07 Å². The summed E-state index contributed by atoms with van der Waals surface area (Å²) in [5.74, 6) is -0.559. The van der Waals surface area contributed by atoms with Crippen molar-refractivity contribution >= 4 is 11.5 Å². The van der Waals surface area contributed by atoms with Crippen LogP contribution in [-0.4, -0.2) is 15.9 Å². The van der Waals surface area contributed by atoms with E-state index in [2.05, 4.69) is 15.2 Å². The van der Waals surface area contributed by atoms with Crippen molar-refractivity contribution in [2.75, 3.05) is 0 Å². The molecule has 0 aliphatic heterocycles. The molecule has 21 heavy (non-hydrogen) atoms. The molecule has 1 N–H and O–H groups in total. The maximum atomic E-state index is 12.0. The van der Waals surface area contributed by atoms with Gasteiger partial charge in [0, 0.05) is 6.20 Å². The number of nitriles is 1. The van der Waals surface area contributed by atoms with Crippen molar-refractivity contribution in [1.29, 1.82) is 5.26 Å². The van der Waals surface area contributed by atoms with Crippen molar-refractivity contribution in [2.24, 2.45) is 10.2 Å². The normalized spacial score (nSPS) is 11.3. The van der Waals surface area contributed by atoms with Gasteiger partial charge < -0.3 is 5.11 Å². The first-order valence-electron chi connectivity index (χ1n) is 5.97. The monoisotopic (exact) mass is 278 g/mol. The highest BCUT2D eigenvalue weighted by molar-refractivity contribution is 6.06. The summed E-state index contributed by atoms with van der Waals surface area (Å²) in [4.78, 5) is 15.9. The molecule has 0 amide bonds. The standard InChI is InChI=1S/C15H10N4O2/c16-9-11-5-1-2-6-12(11)18-19-14(10-20)15(21)13-7-3-4-8-17-13/h1-8,10,20H/b14-10+,19-18?. The molecule has 6 heteroatoms. The second kappa shape index (κ2) is 6.73. The van der Waals surface area contributed by atoms with Crippen LogP contribution in [0.4, 0.5) is 5.69 Å². The molecule has 0 saturated heterocycles. The number of aromatic nitrogens is 1. The summed E-state index contributed by atoms with van der Waals surface area (Å²) < 4.78 is 0. The first-order valence-corrected chi connectivity index (χ1v) is 5.97. The minimum absolute atomic E-state index is 0.144. The van der Waals surface area contributed by atoms with E-state index in [9.17, 15) is 4.79 Å². The Labute approximate surface area is 120 Å². The zero-order valence-corrected chi connectivity index (χ0v) is 10.8. The number of Topliss-reactive ketones (excluding diaryl/α,β-unsaturated/α-hetero) is 1. The SMILES string of the molecule is N#Cc1ccccc1N=N/C(=C/O)C(=O)c1ccccn1. The van der Waals surface area contributed by atoms with Crippen LogP contribution in [0, 0.1) is 11.3 Å². The van der Waals surface area contributed by atoms with E-state index < -0.39 is 5.78 Å². The van der Waals surface area contributed by atoms with Gasteiger partial charge in [0.25, 0.3) is 0 Å². The van der Waals surface area contributed by atoms with Crippen LogP contribution in [0.3, 0.4) is 0 Å². The zero-order chi connectivity index (χ0) is 15.1. The largest absolute Gasteiger partial charge is 0.513 e. The molecule has 0 spiro atoms. The molecule has 0 saturated carbocycles. The Morgan fingerprint density at radius 3 is 2.67 bits per heavy atom. The van der Waals surface area contributed by atoms with Crippen LogP contribution in [0.25, 0.3) is 0 Å². The van der Waals surface area contributed by atoms with Gasteiger partial charge in [-0.25, -0.2) is 0 Å². The molecule has 0 atom stereocenters. The number of aliphatic hydroxyl groups is 1. The molecule has 1 aromatic heterocycles. The number of ketones is 1. The van der Waals surface area contributed by atoms with Crippen LogP contribution in [0.2, 0.25) is 0 Å². The van der Waals surface area contributed by atoms with Gasteiger partial charge in [0.15, 0.2) is 5.70 Å². The zero-order valence-electron chi connectivity index (χ0n) is 10.8. The molecule has 1 aromatic carbocycles. The number of carbonyl (C=O) groups excluding carboxylic acids is 1. The summed E-state index contributed by atoms with van der Waals surface area (Å²) in [6.45, 7) is 0. The molecular weight excluding hydrogens is 268 g/mol. The fraction of sp³-hybridized carbons (Fsp3) is 0. The lowest BCUT2D eigenvalue weighted by Crippen LogP contribution is -2.03. The minimum atomic E-state index is -0.559. The van der Waals surface area contributed by atoms with E-state index >= 15 is 0 Å². The summed E-state index contributed by atoms with van der Waals surface area (Å²) in [6, 6.07) is 13.3. The third-order valence-corrected chi connectivity index (χ3v) is 2.54. The fourth-order valence-electron chi connectivity index (χ4n) is 1.52. The first-order chi connectivity index (χ1) is 10.3. The summed E-state index contributed by atoms with van der Waals surface area (Å²) in [5, 5.41) is 25.6. The van der Waals surface area contributed by atoms with E-state index in [4.69, 9.17) is 10.4 Å².